The first-order valence-corrected chi connectivity index (χ1v) is 10.2. The van der Waals surface area contributed by atoms with Crippen molar-refractivity contribution in [2.75, 3.05) is 19.8 Å². The Kier molecular flexibility index (Phi) is 5.07. The van der Waals surface area contributed by atoms with Gasteiger partial charge in [0.1, 0.15) is 19.0 Å². The summed E-state index contributed by atoms with van der Waals surface area (Å²) in [6.07, 6.45) is -1.04. The van der Waals surface area contributed by atoms with Gasteiger partial charge in [0.2, 0.25) is 6.10 Å². The van der Waals surface area contributed by atoms with E-state index in [1.165, 1.54) is 0 Å². The Morgan fingerprint density at radius 2 is 1.56 bits per heavy atom. The minimum Gasteiger partial charge on any atom is -0.486 e. The Balaban J connectivity index is 1.49. The van der Waals surface area contributed by atoms with Crippen LogP contribution in [0.2, 0.25) is 0 Å². The molecule has 0 radical (unpaired) electrons. The summed E-state index contributed by atoms with van der Waals surface area (Å²) in [6, 6.07) is 20.4. The van der Waals surface area contributed by atoms with Crippen molar-refractivity contribution in [3.8, 4) is 17.2 Å². The Labute approximate surface area is 184 Å². The minimum absolute atomic E-state index is 0.231. The molecule has 0 N–H and O–H groups in total. The molecule has 32 heavy (non-hydrogen) atoms. The Hall–Kier alpha value is -4.13. The number of benzene rings is 3. The molecule has 7 heteroatoms. The summed E-state index contributed by atoms with van der Waals surface area (Å²) >= 11 is 0. The number of hydrogen-bond donors (Lipinski definition) is 0. The predicted octanol–water partition coefficient (Wildman–Crippen LogP) is 3.44. The van der Waals surface area contributed by atoms with Gasteiger partial charge in [-0.05, 0) is 30.3 Å². The van der Waals surface area contributed by atoms with Crippen LogP contribution in [0.15, 0.2) is 72.8 Å². The van der Waals surface area contributed by atoms with Crippen molar-refractivity contribution in [2.24, 2.45) is 0 Å². The number of fused-ring (bicyclic) bond motifs is 2. The number of ketones is 1. The largest absolute Gasteiger partial charge is 0.486 e. The molecule has 0 aliphatic carbocycles. The molecule has 160 valence electrons. The molecule has 0 aromatic heterocycles. The highest BCUT2D eigenvalue weighted by molar-refractivity contribution is 6.12. The second-order valence-corrected chi connectivity index (χ2v) is 7.42. The molecular weight excluding hydrogens is 410 g/mol. The lowest BCUT2D eigenvalue weighted by atomic mass is 10.1. The van der Waals surface area contributed by atoms with E-state index in [0.717, 1.165) is 4.90 Å². The van der Waals surface area contributed by atoms with E-state index >= 15 is 0 Å². The molecule has 0 saturated carbocycles. The molecule has 0 spiro atoms. The number of rotatable bonds is 4. The fourth-order valence-electron chi connectivity index (χ4n) is 3.75. The summed E-state index contributed by atoms with van der Waals surface area (Å²) < 4.78 is 17.0. The van der Waals surface area contributed by atoms with Gasteiger partial charge in [-0.25, -0.2) is 0 Å². The molecule has 2 amide bonds. The number of hydrogen-bond acceptors (Lipinski definition) is 6. The molecule has 2 aliphatic heterocycles. The highest BCUT2D eigenvalue weighted by Crippen LogP contribution is 2.33. The van der Waals surface area contributed by atoms with Crippen LogP contribution in [0.3, 0.4) is 0 Å². The van der Waals surface area contributed by atoms with E-state index in [-0.39, 0.29) is 5.56 Å². The Morgan fingerprint density at radius 3 is 2.38 bits per heavy atom. The number of ether oxygens (including phenoxy) is 3. The van der Waals surface area contributed by atoms with E-state index < -0.39 is 30.2 Å². The number of para-hydroxylation sites is 1. The van der Waals surface area contributed by atoms with Gasteiger partial charge in [0.25, 0.3) is 11.8 Å². The van der Waals surface area contributed by atoms with Crippen LogP contribution in [0, 0.1) is 0 Å². The lowest BCUT2D eigenvalue weighted by molar-refractivity contribution is -0.135. The van der Waals surface area contributed by atoms with Crippen LogP contribution < -0.4 is 14.2 Å². The van der Waals surface area contributed by atoms with Crippen molar-refractivity contribution in [1.82, 2.24) is 4.90 Å². The molecule has 0 saturated heterocycles. The highest BCUT2D eigenvalue weighted by Gasteiger charge is 2.38. The number of imide groups is 1. The van der Waals surface area contributed by atoms with Gasteiger partial charge in [-0.3, -0.25) is 19.3 Å². The summed E-state index contributed by atoms with van der Waals surface area (Å²) in [5, 5.41) is 0. The molecule has 5 rings (SSSR count). The van der Waals surface area contributed by atoms with Crippen molar-refractivity contribution >= 4 is 17.6 Å². The first-order chi connectivity index (χ1) is 15.6. The maximum atomic E-state index is 13.4. The van der Waals surface area contributed by atoms with Crippen molar-refractivity contribution in [2.45, 2.75) is 6.10 Å². The summed E-state index contributed by atoms with van der Waals surface area (Å²) in [7, 11) is 0. The van der Waals surface area contributed by atoms with Gasteiger partial charge in [0, 0.05) is 11.1 Å². The van der Waals surface area contributed by atoms with Gasteiger partial charge in [-0.2, -0.15) is 0 Å². The van der Waals surface area contributed by atoms with Crippen molar-refractivity contribution < 1.29 is 28.6 Å². The van der Waals surface area contributed by atoms with Crippen LogP contribution in [0.1, 0.15) is 32.4 Å². The molecule has 7 nitrogen and oxygen atoms in total. The van der Waals surface area contributed by atoms with Crippen LogP contribution >= 0.6 is 0 Å². The number of Topliss-reactive ketones (excluding diaryl/α,β-unsaturated/α-hetero) is 1. The molecule has 1 atom stereocenters. The van der Waals surface area contributed by atoms with Crippen molar-refractivity contribution in [1.29, 1.82) is 0 Å². The van der Waals surface area contributed by atoms with Gasteiger partial charge in [0.15, 0.2) is 17.3 Å². The second-order valence-electron chi connectivity index (χ2n) is 7.42. The van der Waals surface area contributed by atoms with Crippen LogP contribution in [0.5, 0.6) is 17.2 Å². The van der Waals surface area contributed by atoms with Gasteiger partial charge in [0.05, 0.1) is 12.1 Å². The molecule has 2 aliphatic rings. The highest BCUT2D eigenvalue weighted by atomic mass is 16.6. The number of nitrogens with zero attached hydrogens (tertiary/aromatic N) is 1. The van der Waals surface area contributed by atoms with E-state index in [1.54, 1.807) is 66.7 Å². The Morgan fingerprint density at radius 1 is 0.844 bits per heavy atom. The summed E-state index contributed by atoms with van der Waals surface area (Å²) in [5.74, 6) is -0.241. The molecule has 3 aromatic carbocycles. The maximum Gasteiger partial charge on any atom is 0.275 e. The van der Waals surface area contributed by atoms with Crippen LogP contribution in [-0.2, 0) is 4.79 Å². The van der Waals surface area contributed by atoms with Crippen molar-refractivity contribution in [3.63, 3.8) is 0 Å². The first kappa shape index (κ1) is 19.8. The van der Waals surface area contributed by atoms with Gasteiger partial charge >= 0.3 is 0 Å². The lowest BCUT2D eigenvalue weighted by Gasteiger charge is -2.22. The third-order valence-corrected chi connectivity index (χ3v) is 5.37. The molecule has 0 fully saturated rings. The van der Waals surface area contributed by atoms with E-state index in [0.29, 0.717) is 41.6 Å². The van der Waals surface area contributed by atoms with E-state index in [2.05, 4.69) is 0 Å². The van der Waals surface area contributed by atoms with E-state index in [4.69, 9.17) is 14.2 Å². The number of amides is 2. The molecule has 0 bridgehead atoms. The van der Waals surface area contributed by atoms with Gasteiger partial charge in [-0.1, -0.05) is 42.5 Å². The zero-order valence-electron chi connectivity index (χ0n) is 17.0. The number of carbonyl (C=O) groups excluding carboxylic acids is 3. The minimum atomic E-state index is -1.04. The zero-order chi connectivity index (χ0) is 22.1. The van der Waals surface area contributed by atoms with Gasteiger partial charge < -0.3 is 14.2 Å². The fourth-order valence-corrected chi connectivity index (χ4v) is 3.75. The zero-order valence-corrected chi connectivity index (χ0v) is 17.0. The summed E-state index contributed by atoms with van der Waals surface area (Å²) in [5.41, 5.74) is 1.15. The van der Waals surface area contributed by atoms with E-state index in [1.807, 2.05) is 6.07 Å². The average molecular weight is 429 g/mol. The Bertz CT molecular complexity index is 1210. The lowest BCUT2D eigenvalue weighted by Crippen LogP contribution is -2.42. The average Bonchev–Trinajstić information content (AvgIpc) is 2.94. The number of carbonyl (C=O) groups is 3. The second kappa shape index (κ2) is 8.19. The topological polar surface area (TPSA) is 82.1 Å². The molecule has 2 heterocycles. The predicted molar refractivity (Wildman–Crippen MR) is 114 cm³/mol. The quantitative estimate of drug-likeness (QED) is 0.467. The summed E-state index contributed by atoms with van der Waals surface area (Å²) in [6.45, 7) is 0.413. The van der Waals surface area contributed by atoms with Crippen molar-refractivity contribution in [3.05, 3.63) is 89.5 Å². The van der Waals surface area contributed by atoms with Crippen LogP contribution in [-0.4, -0.2) is 42.3 Å². The standard InChI is InChI=1S/C25H19NO6/c27-19(17-10-11-21-22(14-17)31-13-12-30-21)15-26-24(28)18-8-4-5-9-20(18)32-23(25(26)29)16-6-2-1-3-7-16/h1-11,14,23H,12-13,15H2/t23-/m0/s1. The maximum absolute atomic E-state index is 13.4. The van der Waals surface area contributed by atoms with Crippen LogP contribution in [0.25, 0.3) is 0 Å². The third kappa shape index (κ3) is 3.58. The van der Waals surface area contributed by atoms with E-state index in [9.17, 15) is 14.4 Å². The summed E-state index contributed by atoms with van der Waals surface area (Å²) in [4.78, 5) is 40.7. The monoisotopic (exact) mass is 429 g/mol. The molecule has 3 aromatic rings. The van der Waals surface area contributed by atoms with Crippen LogP contribution in [0.4, 0.5) is 0 Å². The molecular formula is C25H19NO6. The SMILES string of the molecule is O=C(CN1C(=O)c2ccccc2O[C@@H](c2ccccc2)C1=O)c1ccc2c(c1)OCCO2. The normalized spacial score (nSPS) is 17.2. The van der Waals surface area contributed by atoms with Gasteiger partial charge in [-0.15, -0.1) is 0 Å². The third-order valence-electron chi connectivity index (χ3n) is 5.37. The molecule has 0 unspecified atom stereocenters. The first-order valence-electron chi connectivity index (χ1n) is 10.2. The smallest absolute Gasteiger partial charge is 0.275 e. The fraction of sp³-hybridized carbons (Fsp3) is 0.160.